The van der Waals surface area contributed by atoms with Crippen LogP contribution in [-0.2, 0) is 20.8 Å². The number of nitrogens with two attached hydrogens (primary N) is 1. The van der Waals surface area contributed by atoms with E-state index >= 15 is 0 Å². The average molecular weight is 702 g/mol. The van der Waals surface area contributed by atoms with Crippen molar-refractivity contribution in [2.45, 2.75) is 52.3 Å². The predicted octanol–water partition coefficient (Wildman–Crippen LogP) is 4.79. The Balaban J connectivity index is 1.55. The summed E-state index contributed by atoms with van der Waals surface area (Å²) in [6.07, 6.45) is 3.35. The Labute approximate surface area is 247 Å². The molecule has 0 saturated carbocycles. The number of nitrogens with zero attached hydrogens (tertiary/aromatic N) is 2. The number of fused-ring (bicyclic) bond motifs is 1. The molecule has 1 aliphatic rings. The molecule has 3 rings (SSSR count). The van der Waals surface area contributed by atoms with Crippen molar-refractivity contribution in [1.29, 1.82) is 0 Å². The first kappa shape index (κ1) is 30.5. The van der Waals surface area contributed by atoms with Crippen molar-refractivity contribution in [1.82, 2.24) is 15.2 Å². The number of ether oxygens (including phenoxy) is 2. The second-order valence-electron chi connectivity index (χ2n) is 9.40. The van der Waals surface area contributed by atoms with E-state index in [1.54, 1.807) is 32.4 Å². The Hall–Kier alpha value is -2.09. The number of nitrogens with one attached hydrogen (secondary N) is 2. The van der Waals surface area contributed by atoms with E-state index < -0.39 is 0 Å². The van der Waals surface area contributed by atoms with Gasteiger partial charge in [0.25, 0.3) is 5.91 Å². The summed E-state index contributed by atoms with van der Waals surface area (Å²) in [5, 5.41) is 6.31. The molecule has 11 heteroatoms. The molecule has 2 atom stereocenters. The van der Waals surface area contributed by atoms with Gasteiger partial charge in [-0.05, 0) is 71.9 Å². The maximum Gasteiger partial charge on any atom is 0.251 e. The second kappa shape index (κ2) is 14.9. The lowest BCUT2D eigenvalue weighted by molar-refractivity contribution is 0.0922. The van der Waals surface area contributed by atoms with Crippen LogP contribution in [0.2, 0.25) is 0 Å². The van der Waals surface area contributed by atoms with Crippen molar-refractivity contribution in [2.75, 3.05) is 38.7 Å². The summed E-state index contributed by atoms with van der Waals surface area (Å²) in [5.41, 5.74) is 9.49. The molecule has 4 N–H and O–H groups in total. The normalized spacial score (nSPS) is 15.6. The Bertz CT molecular complexity index is 1130. The van der Waals surface area contributed by atoms with E-state index in [-0.39, 0.29) is 24.7 Å². The van der Waals surface area contributed by atoms with Crippen LogP contribution in [0.25, 0.3) is 0 Å². The molecule has 2 heterocycles. The molecule has 0 aliphatic carbocycles. The number of hydrogen-bond acceptors (Lipinski definition) is 8. The first-order valence-corrected chi connectivity index (χ1v) is 14.4. The summed E-state index contributed by atoms with van der Waals surface area (Å²) in [7, 11) is 1.59. The Morgan fingerprint density at radius 3 is 2.82 bits per heavy atom. The van der Waals surface area contributed by atoms with Gasteiger partial charge in [-0.1, -0.05) is 13.0 Å². The van der Waals surface area contributed by atoms with E-state index in [1.165, 1.54) is 11.1 Å². The molecule has 2 unspecified atom stereocenters. The van der Waals surface area contributed by atoms with E-state index in [2.05, 4.69) is 56.4 Å². The topological polar surface area (TPSA) is 111 Å². The van der Waals surface area contributed by atoms with Crippen LogP contribution in [0.5, 0.6) is 5.75 Å². The maximum absolute atomic E-state index is 12.8. The minimum atomic E-state index is -0.148. The zero-order valence-electron chi connectivity index (χ0n) is 22.4. The van der Waals surface area contributed by atoms with Gasteiger partial charge in [0.1, 0.15) is 41.2 Å². The fourth-order valence-corrected chi connectivity index (χ4v) is 5.16. The number of anilines is 1. The molecule has 9 nitrogen and oxygen atoms in total. The standard InChI is InChI=1S/C27H37BrIN5O4/c1-5-17(2)33-25-12-19(8-10-31-25)27(35)32-13-21(38-29)15-34-11-9-22-20(14-34)6-7-23(26(22)28)37-16-24(36-4)18(3)30/h6-8,10,12,17,21H,5,9,11,13-16,30H2,1-4H3,(H,31,33)(H,32,35)/b24-18-. The van der Waals surface area contributed by atoms with E-state index in [9.17, 15) is 4.79 Å². The van der Waals surface area contributed by atoms with Gasteiger partial charge in [-0.2, -0.15) is 0 Å². The van der Waals surface area contributed by atoms with Gasteiger partial charge in [0.15, 0.2) is 5.76 Å². The monoisotopic (exact) mass is 701 g/mol. The molecule has 2 aromatic rings. The van der Waals surface area contributed by atoms with Gasteiger partial charge >= 0.3 is 0 Å². The van der Waals surface area contributed by atoms with Crippen LogP contribution in [-0.4, -0.2) is 61.3 Å². The number of amides is 1. The summed E-state index contributed by atoms with van der Waals surface area (Å²) in [6.45, 7) is 9.03. The number of carbonyl (C=O) groups is 1. The van der Waals surface area contributed by atoms with Gasteiger partial charge < -0.3 is 28.9 Å². The molecule has 0 radical (unpaired) electrons. The van der Waals surface area contributed by atoms with Gasteiger partial charge in [0.2, 0.25) is 0 Å². The summed E-state index contributed by atoms with van der Waals surface area (Å²) < 4.78 is 17.9. The Morgan fingerprint density at radius 1 is 1.34 bits per heavy atom. The third kappa shape index (κ3) is 8.45. The van der Waals surface area contributed by atoms with Gasteiger partial charge in [-0.3, -0.25) is 9.69 Å². The van der Waals surface area contributed by atoms with Crippen LogP contribution in [0.3, 0.4) is 0 Å². The van der Waals surface area contributed by atoms with Gasteiger partial charge in [-0.25, -0.2) is 4.98 Å². The molecule has 0 bridgehead atoms. The molecule has 1 aromatic carbocycles. The number of hydrogen-bond donors (Lipinski definition) is 3. The molecule has 0 fully saturated rings. The van der Waals surface area contributed by atoms with Crippen LogP contribution in [0, 0.1) is 0 Å². The smallest absolute Gasteiger partial charge is 0.251 e. The number of halogens is 2. The van der Waals surface area contributed by atoms with E-state index in [1.807, 2.05) is 29.1 Å². The number of aromatic nitrogens is 1. The molecule has 1 aromatic heterocycles. The van der Waals surface area contributed by atoms with Crippen molar-refractivity contribution in [3.8, 4) is 5.75 Å². The minimum absolute atomic E-state index is 0.144. The van der Waals surface area contributed by atoms with Crippen molar-refractivity contribution in [3.63, 3.8) is 0 Å². The molecule has 0 saturated heterocycles. The fraction of sp³-hybridized carbons (Fsp3) is 0.481. The van der Waals surface area contributed by atoms with E-state index in [0.717, 1.165) is 36.2 Å². The first-order valence-electron chi connectivity index (χ1n) is 12.7. The summed E-state index contributed by atoms with van der Waals surface area (Å²) in [6, 6.07) is 7.86. The van der Waals surface area contributed by atoms with Crippen LogP contribution >= 0.6 is 38.9 Å². The number of rotatable bonds is 13. The molecule has 38 heavy (non-hydrogen) atoms. The second-order valence-corrected chi connectivity index (χ2v) is 10.7. The SMILES string of the molecule is CCC(C)Nc1cc(C(=O)NCC(CN2CCc3c(ccc(OC/C(OC)=C(\C)N)c3Br)C2)OI)ccn1. The van der Waals surface area contributed by atoms with Crippen molar-refractivity contribution < 1.29 is 17.3 Å². The lowest BCUT2D eigenvalue weighted by Gasteiger charge is -2.32. The van der Waals surface area contributed by atoms with Crippen molar-refractivity contribution in [3.05, 3.63) is 63.1 Å². The maximum atomic E-state index is 12.8. The third-order valence-corrected chi connectivity index (χ3v) is 8.12. The summed E-state index contributed by atoms with van der Waals surface area (Å²) in [4.78, 5) is 19.4. The Kier molecular flexibility index (Phi) is 11.9. The molecule has 1 aliphatic heterocycles. The third-order valence-electron chi connectivity index (χ3n) is 6.53. The lowest BCUT2D eigenvalue weighted by atomic mass is 9.99. The number of pyridine rings is 1. The number of carbonyl (C=O) groups excluding carboxylic acids is 1. The number of methoxy groups -OCH3 is 1. The van der Waals surface area contributed by atoms with Crippen LogP contribution < -0.4 is 21.1 Å². The van der Waals surface area contributed by atoms with Crippen molar-refractivity contribution >= 4 is 50.7 Å². The zero-order valence-corrected chi connectivity index (χ0v) is 26.1. The predicted molar refractivity (Wildman–Crippen MR) is 161 cm³/mol. The minimum Gasteiger partial charge on any atom is -0.496 e. The van der Waals surface area contributed by atoms with Crippen LogP contribution in [0.1, 0.15) is 48.7 Å². The van der Waals surface area contributed by atoms with Gasteiger partial charge in [0.05, 0.1) is 17.7 Å². The van der Waals surface area contributed by atoms with Crippen LogP contribution in [0.4, 0.5) is 5.82 Å². The highest BCUT2D eigenvalue weighted by Crippen LogP contribution is 2.35. The Morgan fingerprint density at radius 2 is 2.13 bits per heavy atom. The number of allylic oxidation sites excluding steroid dienone is 1. The largest absolute Gasteiger partial charge is 0.496 e. The fourth-order valence-electron chi connectivity index (χ4n) is 4.12. The van der Waals surface area contributed by atoms with E-state index in [0.29, 0.717) is 35.9 Å². The average Bonchev–Trinajstić information content (AvgIpc) is 2.92. The highest BCUT2D eigenvalue weighted by atomic mass is 127. The van der Waals surface area contributed by atoms with E-state index in [4.69, 9.17) is 18.3 Å². The lowest BCUT2D eigenvalue weighted by Crippen LogP contribution is -2.42. The number of benzene rings is 1. The summed E-state index contributed by atoms with van der Waals surface area (Å²) in [5.74, 6) is 1.94. The molecule has 0 spiro atoms. The molecule has 1 amide bonds. The zero-order chi connectivity index (χ0) is 27.7. The highest BCUT2D eigenvalue weighted by Gasteiger charge is 2.24. The highest BCUT2D eigenvalue weighted by molar-refractivity contribution is 14.1. The molecular weight excluding hydrogens is 665 g/mol. The van der Waals surface area contributed by atoms with Crippen LogP contribution in [0.15, 0.2) is 46.4 Å². The van der Waals surface area contributed by atoms with Gasteiger partial charge in [-0.15, -0.1) is 0 Å². The quantitative estimate of drug-likeness (QED) is 0.202. The summed E-state index contributed by atoms with van der Waals surface area (Å²) >= 11 is 5.65. The van der Waals surface area contributed by atoms with Crippen molar-refractivity contribution in [2.24, 2.45) is 5.73 Å². The first-order chi connectivity index (χ1) is 18.2. The molecule has 208 valence electrons. The molecular formula is C27H37BrIN5O4. The van der Waals surface area contributed by atoms with Gasteiger partial charge in [0, 0.05) is 49.7 Å².